The number of aliphatic hydroxyl groups excluding tert-OH is 2. The lowest BCUT2D eigenvalue weighted by Crippen LogP contribution is -1.96. The van der Waals surface area contributed by atoms with Gasteiger partial charge in [-0.1, -0.05) is 48.5 Å². The van der Waals surface area contributed by atoms with E-state index in [-0.39, 0.29) is 13.2 Å². The molecule has 0 bridgehead atoms. The number of aromatic nitrogens is 3. The molecular weight excluding hydrogens is 314 g/mol. The Hall–Kier alpha value is -3.02. The van der Waals surface area contributed by atoms with E-state index < -0.39 is 0 Å². The van der Waals surface area contributed by atoms with Crippen LogP contribution in [0.4, 0.5) is 0 Å². The first kappa shape index (κ1) is 15.5. The minimum atomic E-state index is -0.0324. The third-order valence-corrected chi connectivity index (χ3v) is 4.29. The van der Waals surface area contributed by atoms with Gasteiger partial charge in [0.1, 0.15) is 0 Å². The zero-order valence-corrected chi connectivity index (χ0v) is 13.5. The Labute approximate surface area is 144 Å². The normalized spacial score (nSPS) is 11.1. The summed E-state index contributed by atoms with van der Waals surface area (Å²) in [6, 6.07) is 15.4. The molecule has 124 valence electrons. The lowest BCUT2D eigenvalue weighted by Gasteiger charge is -2.08. The van der Waals surface area contributed by atoms with E-state index in [2.05, 4.69) is 9.97 Å². The lowest BCUT2D eigenvalue weighted by molar-refractivity contribution is 0.282. The summed E-state index contributed by atoms with van der Waals surface area (Å²) in [5.74, 6) is 0. The molecule has 0 radical (unpaired) electrons. The van der Waals surface area contributed by atoms with Gasteiger partial charge in [0.15, 0.2) is 5.65 Å². The fourth-order valence-electron chi connectivity index (χ4n) is 2.93. The van der Waals surface area contributed by atoms with Gasteiger partial charge in [0.25, 0.3) is 0 Å². The molecule has 25 heavy (non-hydrogen) atoms. The summed E-state index contributed by atoms with van der Waals surface area (Å²) in [7, 11) is 0. The van der Waals surface area contributed by atoms with E-state index in [9.17, 15) is 10.2 Å². The van der Waals surface area contributed by atoms with Crippen molar-refractivity contribution in [3.8, 4) is 22.5 Å². The fourth-order valence-corrected chi connectivity index (χ4v) is 2.93. The summed E-state index contributed by atoms with van der Waals surface area (Å²) in [5, 5.41) is 18.8. The van der Waals surface area contributed by atoms with Gasteiger partial charge < -0.3 is 10.2 Å². The highest BCUT2D eigenvalue weighted by Gasteiger charge is 2.10. The fraction of sp³-hybridized carbons (Fsp3) is 0.100. The van der Waals surface area contributed by atoms with E-state index >= 15 is 0 Å². The maximum atomic E-state index is 9.57. The smallest absolute Gasteiger partial charge is 0.155 e. The molecule has 0 aliphatic heterocycles. The van der Waals surface area contributed by atoms with Gasteiger partial charge in [0.2, 0.25) is 0 Å². The first-order chi connectivity index (χ1) is 12.3. The number of hydrogen-bond acceptors (Lipinski definition) is 4. The zero-order valence-electron chi connectivity index (χ0n) is 13.5. The molecule has 0 unspecified atom stereocenters. The Kier molecular flexibility index (Phi) is 4.01. The number of nitrogens with zero attached hydrogens (tertiary/aromatic N) is 3. The minimum absolute atomic E-state index is 0.0272. The predicted molar refractivity (Wildman–Crippen MR) is 95.7 cm³/mol. The third kappa shape index (κ3) is 2.80. The molecule has 0 atom stereocenters. The van der Waals surface area contributed by atoms with Crippen LogP contribution in [-0.4, -0.2) is 24.6 Å². The minimum Gasteiger partial charge on any atom is -0.392 e. The van der Waals surface area contributed by atoms with Crippen LogP contribution in [0.1, 0.15) is 11.1 Å². The quantitative estimate of drug-likeness (QED) is 0.603. The van der Waals surface area contributed by atoms with Crippen molar-refractivity contribution in [2.45, 2.75) is 13.2 Å². The molecule has 0 spiro atoms. The number of imidazole rings is 1. The standard InChI is InChI=1S/C20H17N3O2/c24-12-14-5-7-15(8-6-14)19-9-22-20-10-21-18(11-23(19)20)17-4-2-1-3-16(17)13-25/h1-11,24-25H,12-13H2. The van der Waals surface area contributed by atoms with E-state index in [0.29, 0.717) is 0 Å². The second kappa shape index (κ2) is 6.47. The topological polar surface area (TPSA) is 70.7 Å². The highest BCUT2D eigenvalue weighted by Crippen LogP contribution is 2.26. The number of benzene rings is 2. The van der Waals surface area contributed by atoms with Crippen molar-refractivity contribution < 1.29 is 10.2 Å². The van der Waals surface area contributed by atoms with Crippen LogP contribution in [-0.2, 0) is 13.2 Å². The Balaban J connectivity index is 1.85. The monoisotopic (exact) mass is 331 g/mol. The third-order valence-electron chi connectivity index (χ3n) is 4.29. The summed E-state index contributed by atoms with van der Waals surface area (Å²) in [6.45, 7) is -0.00522. The number of hydrogen-bond donors (Lipinski definition) is 2. The number of aliphatic hydroxyl groups is 2. The molecule has 5 nitrogen and oxygen atoms in total. The second-order valence-corrected chi connectivity index (χ2v) is 5.81. The molecule has 2 heterocycles. The zero-order chi connectivity index (χ0) is 17.2. The average Bonchev–Trinajstić information content (AvgIpc) is 3.11. The molecule has 4 rings (SSSR count). The van der Waals surface area contributed by atoms with Gasteiger partial charge in [-0.25, -0.2) is 4.98 Å². The Morgan fingerprint density at radius 3 is 2.40 bits per heavy atom. The van der Waals surface area contributed by atoms with Gasteiger partial charge in [0.05, 0.1) is 37.0 Å². The van der Waals surface area contributed by atoms with Gasteiger partial charge in [-0.05, 0) is 11.1 Å². The summed E-state index contributed by atoms with van der Waals surface area (Å²) < 4.78 is 1.99. The average molecular weight is 331 g/mol. The van der Waals surface area contributed by atoms with Crippen molar-refractivity contribution in [3.63, 3.8) is 0 Å². The van der Waals surface area contributed by atoms with E-state index in [0.717, 1.165) is 39.3 Å². The van der Waals surface area contributed by atoms with Crippen LogP contribution in [0, 0.1) is 0 Å². The maximum Gasteiger partial charge on any atom is 0.155 e. The highest BCUT2D eigenvalue weighted by molar-refractivity contribution is 5.68. The van der Waals surface area contributed by atoms with E-state index in [4.69, 9.17) is 0 Å². The number of fused-ring (bicyclic) bond motifs is 1. The van der Waals surface area contributed by atoms with E-state index in [1.807, 2.05) is 65.3 Å². The Bertz CT molecular complexity index is 1020. The summed E-state index contributed by atoms with van der Waals surface area (Å²) in [4.78, 5) is 8.91. The van der Waals surface area contributed by atoms with E-state index in [1.165, 1.54) is 0 Å². The van der Waals surface area contributed by atoms with Crippen molar-refractivity contribution in [3.05, 3.63) is 78.2 Å². The summed E-state index contributed by atoms with van der Waals surface area (Å²) in [5.41, 5.74) is 6.11. The largest absolute Gasteiger partial charge is 0.392 e. The molecule has 0 saturated carbocycles. The van der Waals surface area contributed by atoms with Crippen molar-refractivity contribution in [2.24, 2.45) is 0 Å². The van der Waals surface area contributed by atoms with Crippen LogP contribution in [0.15, 0.2) is 67.1 Å². The van der Waals surface area contributed by atoms with Gasteiger partial charge in [-0.2, -0.15) is 0 Å². The van der Waals surface area contributed by atoms with Gasteiger partial charge in [-0.3, -0.25) is 9.38 Å². The Morgan fingerprint density at radius 2 is 1.64 bits per heavy atom. The molecule has 2 aromatic heterocycles. The van der Waals surface area contributed by atoms with Crippen LogP contribution in [0.2, 0.25) is 0 Å². The maximum absolute atomic E-state index is 9.57. The highest BCUT2D eigenvalue weighted by atomic mass is 16.3. The SMILES string of the molecule is OCc1ccc(-c2cnc3cnc(-c4ccccc4CO)cn23)cc1. The van der Waals surface area contributed by atoms with Crippen molar-refractivity contribution in [1.29, 1.82) is 0 Å². The Morgan fingerprint density at radius 1 is 0.840 bits per heavy atom. The molecule has 0 fully saturated rings. The summed E-state index contributed by atoms with van der Waals surface area (Å²) >= 11 is 0. The molecule has 4 aromatic rings. The van der Waals surface area contributed by atoms with Crippen molar-refractivity contribution >= 4 is 5.65 Å². The van der Waals surface area contributed by atoms with E-state index in [1.54, 1.807) is 6.20 Å². The van der Waals surface area contributed by atoms with Crippen LogP contribution in [0.3, 0.4) is 0 Å². The van der Waals surface area contributed by atoms with Crippen molar-refractivity contribution in [1.82, 2.24) is 14.4 Å². The van der Waals surface area contributed by atoms with Gasteiger partial charge >= 0.3 is 0 Å². The van der Waals surface area contributed by atoms with Crippen LogP contribution in [0.25, 0.3) is 28.2 Å². The number of rotatable bonds is 4. The lowest BCUT2D eigenvalue weighted by atomic mass is 10.1. The van der Waals surface area contributed by atoms with Gasteiger partial charge in [-0.15, -0.1) is 0 Å². The first-order valence-electron chi connectivity index (χ1n) is 8.02. The molecule has 5 heteroatoms. The molecule has 0 amide bonds. The first-order valence-corrected chi connectivity index (χ1v) is 8.02. The molecule has 0 aliphatic rings. The molecule has 0 aliphatic carbocycles. The second-order valence-electron chi connectivity index (χ2n) is 5.81. The molecule has 2 N–H and O–H groups in total. The van der Waals surface area contributed by atoms with Gasteiger partial charge in [0, 0.05) is 17.3 Å². The molecule has 0 saturated heterocycles. The van der Waals surface area contributed by atoms with Crippen molar-refractivity contribution in [2.75, 3.05) is 0 Å². The predicted octanol–water partition coefficient (Wildman–Crippen LogP) is 3.05. The molecule has 2 aromatic carbocycles. The van der Waals surface area contributed by atoms with Crippen LogP contribution in [0.5, 0.6) is 0 Å². The van der Waals surface area contributed by atoms with Crippen LogP contribution >= 0.6 is 0 Å². The molecular formula is C20H17N3O2. The van der Waals surface area contributed by atoms with Crippen LogP contribution < -0.4 is 0 Å². The summed E-state index contributed by atoms with van der Waals surface area (Å²) in [6.07, 6.45) is 5.48.